The Morgan fingerprint density at radius 1 is 1.43 bits per heavy atom. The number of rotatable bonds is 2. The summed E-state index contributed by atoms with van der Waals surface area (Å²) in [6, 6.07) is 6.64. The number of benzene rings is 1. The first kappa shape index (κ1) is 14.8. The second-order valence-electron chi connectivity index (χ2n) is 6.82. The van der Waals surface area contributed by atoms with Crippen LogP contribution in [0.15, 0.2) is 23.0 Å². The fraction of sp³-hybridized carbons (Fsp3) is 0.562. The van der Waals surface area contributed by atoms with Gasteiger partial charge in [0.2, 0.25) is 0 Å². The van der Waals surface area contributed by atoms with Gasteiger partial charge in [0.1, 0.15) is 0 Å². The van der Waals surface area contributed by atoms with E-state index in [1.165, 1.54) is 16.9 Å². The molecule has 1 fully saturated rings. The standard InChI is InChI=1S/C16H23N3OS/c1-16(2)10-19(7-6-14(16)17)9-11-4-5-12-13(8-11)21-15(20)18(12)3/h4-5,8,14H,6-7,9-10,17H2,1-3H3. The largest absolute Gasteiger partial charge is 0.327 e. The monoisotopic (exact) mass is 305 g/mol. The number of thiazole rings is 1. The number of aryl methyl sites for hydroxylation is 1. The van der Waals surface area contributed by atoms with E-state index in [-0.39, 0.29) is 16.3 Å². The summed E-state index contributed by atoms with van der Waals surface area (Å²) in [6.07, 6.45) is 1.05. The third-order valence-electron chi connectivity index (χ3n) is 4.65. The van der Waals surface area contributed by atoms with Crippen LogP contribution in [0, 0.1) is 5.41 Å². The molecule has 0 aliphatic carbocycles. The molecular weight excluding hydrogens is 282 g/mol. The zero-order chi connectivity index (χ0) is 15.2. The van der Waals surface area contributed by atoms with Gasteiger partial charge in [-0.1, -0.05) is 31.3 Å². The molecule has 3 rings (SSSR count). The van der Waals surface area contributed by atoms with Crippen LogP contribution >= 0.6 is 11.3 Å². The average molecular weight is 305 g/mol. The predicted octanol–water partition coefficient (Wildman–Crippen LogP) is 2.16. The highest BCUT2D eigenvalue weighted by molar-refractivity contribution is 7.16. The molecule has 1 saturated heterocycles. The molecule has 0 amide bonds. The number of likely N-dealkylation sites (tertiary alicyclic amines) is 1. The van der Waals surface area contributed by atoms with Crippen LogP contribution in [0.2, 0.25) is 0 Å². The molecule has 1 atom stereocenters. The average Bonchev–Trinajstić information content (AvgIpc) is 2.69. The number of nitrogens with two attached hydrogens (primary N) is 1. The summed E-state index contributed by atoms with van der Waals surface area (Å²) < 4.78 is 2.79. The Hall–Kier alpha value is -1.17. The fourth-order valence-corrected chi connectivity index (χ4v) is 4.10. The topological polar surface area (TPSA) is 51.3 Å². The van der Waals surface area contributed by atoms with Gasteiger partial charge in [-0.3, -0.25) is 9.69 Å². The summed E-state index contributed by atoms with van der Waals surface area (Å²) in [6.45, 7) is 7.50. The third kappa shape index (κ3) is 2.78. The minimum Gasteiger partial charge on any atom is -0.327 e. The van der Waals surface area contributed by atoms with Crippen LogP contribution < -0.4 is 10.6 Å². The lowest BCUT2D eigenvalue weighted by Crippen LogP contribution is -2.52. The highest BCUT2D eigenvalue weighted by Gasteiger charge is 2.33. The quantitative estimate of drug-likeness (QED) is 0.925. The first-order valence-electron chi connectivity index (χ1n) is 7.43. The Morgan fingerprint density at radius 3 is 2.90 bits per heavy atom. The summed E-state index contributed by atoms with van der Waals surface area (Å²) >= 11 is 1.32. The normalized spacial score (nSPS) is 22.8. The fourth-order valence-electron chi connectivity index (χ4n) is 3.15. The second-order valence-corrected chi connectivity index (χ2v) is 7.82. The molecule has 1 aliphatic heterocycles. The van der Waals surface area contributed by atoms with E-state index in [4.69, 9.17) is 5.73 Å². The molecule has 1 unspecified atom stereocenters. The first-order chi connectivity index (χ1) is 9.87. The summed E-state index contributed by atoms with van der Waals surface area (Å²) in [5, 5.41) is 0. The number of hydrogen-bond donors (Lipinski definition) is 1. The summed E-state index contributed by atoms with van der Waals surface area (Å²) in [4.78, 5) is 14.3. The number of nitrogens with zero attached hydrogens (tertiary/aromatic N) is 2. The molecule has 2 N–H and O–H groups in total. The van der Waals surface area contributed by atoms with Crippen LogP contribution in [0.5, 0.6) is 0 Å². The maximum Gasteiger partial charge on any atom is 0.307 e. The minimum atomic E-state index is 0.104. The van der Waals surface area contributed by atoms with Crippen molar-refractivity contribution >= 4 is 21.6 Å². The van der Waals surface area contributed by atoms with Gasteiger partial charge < -0.3 is 10.3 Å². The van der Waals surface area contributed by atoms with E-state index in [0.717, 1.165) is 36.3 Å². The van der Waals surface area contributed by atoms with Crippen LogP contribution in [0.4, 0.5) is 0 Å². The Morgan fingerprint density at radius 2 is 2.19 bits per heavy atom. The van der Waals surface area contributed by atoms with Gasteiger partial charge in [0, 0.05) is 32.7 Å². The Balaban J connectivity index is 1.81. The molecule has 2 aromatic rings. The molecule has 5 heteroatoms. The van der Waals surface area contributed by atoms with Gasteiger partial charge in [0.15, 0.2) is 0 Å². The van der Waals surface area contributed by atoms with E-state index in [2.05, 4.69) is 36.9 Å². The molecule has 1 aromatic heterocycles. The predicted molar refractivity (Wildman–Crippen MR) is 88.7 cm³/mol. The Bertz CT molecular complexity index is 716. The Kier molecular flexibility index (Phi) is 3.67. The van der Waals surface area contributed by atoms with Crippen LogP contribution in [-0.2, 0) is 13.6 Å². The van der Waals surface area contributed by atoms with E-state index in [9.17, 15) is 4.79 Å². The summed E-state index contributed by atoms with van der Waals surface area (Å²) in [7, 11) is 1.83. The van der Waals surface area contributed by atoms with Crippen LogP contribution in [0.25, 0.3) is 10.2 Å². The van der Waals surface area contributed by atoms with Gasteiger partial charge in [-0.2, -0.15) is 0 Å². The number of piperidine rings is 1. The molecule has 4 nitrogen and oxygen atoms in total. The maximum atomic E-state index is 11.7. The van der Waals surface area contributed by atoms with E-state index in [1.54, 1.807) is 4.57 Å². The highest BCUT2D eigenvalue weighted by atomic mass is 32.1. The van der Waals surface area contributed by atoms with Crippen molar-refractivity contribution in [2.45, 2.75) is 32.9 Å². The van der Waals surface area contributed by atoms with E-state index < -0.39 is 0 Å². The third-order valence-corrected chi connectivity index (χ3v) is 5.65. The summed E-state index contributed by atoms with van der Waals surface area (Å²) in [5.41, 5.74) is 8.66. The molecule has 2 heterocycles. The number of fused-ring (bicyclic) bond motifs is 1. The Labute approximate surface area is 129 Å². The molecule has 0 radical (unpaired) electrons. The molecular formula is C16H23N3OS. The SMILES string of the molecule is Cn1c(=O)sc2cc(CN3CCC(N)C(C)(C)C3)ccc21. The van der Waals surface area contributed by atoms with Crippen molar-refractivity contribution in [3.05, 3.63) is 33.4 Å². The van der Waals surface area contributed by atoms with Gasteiger partial charge in [-0.25, -0.2) is 0 Å². The summed E-state index contributed by atoms with van der Waals surface area (Å²) in [5.74, 6) is 0. The van der Waals surface area contributed by atoms with Gasteiger partial charge in [0.05, 0.1) is 10.2 Å². The van der Waals surface area contributed by atoms with Crippen molar-refractivity contribution in [2.75, 3.05) is 13.1 Å². The van der Waals surface area contributed by atoms with Crippen molar-refractivity contribution in [3.8, 4) is 0 Å². The van der Waals surface area contributed by atoms with E-state index in [0.29, 0.717) is 0 Å². The van der Waals surface area contributed by atoms with Crippen molar-refractivity contribution in [1.82, 2.24) is 9.47 Å². The lowest BCUT2D eigenvalue weighted by Gasteiger charge is -2.42. The van der Waals surface area contributed by atoms with Crippen molar-refractivity contribution in [1.29, 1.82) is 0 Å². The van der Waals surface area contributed by atoms with E-state index >= 15 is 0 Å². The van der Waals surface area contributed by atoms with Crippen LogP contribution in [0.3, 0.4) is 0 Å². The highest BCUT2D eigenvalue weighted by Crippen LogP contribution is 2.29. The van der Waals surface area contributed by atoms with Crippen molar-refractivity contribution in [3.63, 3.8) is 0 Å². The molecule has 0 spiro atoms. The van der Waals surface area contributed by atoms with Crippen molar-refractivity contribution < 1.29 is 0 Å². The van der Waals surface area contributed by atoms with Crippen molar-refractivity contribution in [2.24, 2.45) is 18.2 Å². The van der Waals surface area contributed by atoms with Crippen LogP contribution in [-0.4, -0.2) is 28.6 Å². The zero-order valence-corrected chi connectivity index (χ0v) is 13.7. The molecule has 114 valence electrons. The molecule has 1 aliphatic rings. The molecule has 0 bridgehead atoms. The molecule has 21 heavy (non-hydrogen) atoms. The number of aromatic nitrogens is 1. The number of hydrogen-bond acceptors (Lipinski definition) is 4. The molecule has 0 saturated carbocycles. The zero-order valence-electron chi connectivity index (χ0n) is 12.9. The van der Waals surface area contributed by atoms with Crippen LogP contribution in [0.1, 0.15) is 25.8 Å². The minimum absolute atomic E-state index is 0.104. The lowest BCUT2D eigenvalue weighted by atomic mass is 9.79. The molecule has 1 aromatic carbocycles. The van der Waals surface area contributed by atoms with E-state index in [1.807, 2.05) is 7.05 Å². The second kappa shape index (κ2) is 5.23. The smallest absolute Gasteiger partial charge is 0.307 e. The van der Waals surface area contributed by atoms with Gasteiger partial charge in [-0.05, 0) is 29.5 Å². The first-order valence-corrected chi connectivity index (χ1v) is 8.25. The van der Waals surface area contributed by atoms with Gasteiger partial charge >= 0.3 is 4.87 Å². The van der Waals surface area contributed by atoms with Gasteiger partial charge in [0.25, 0.3) is 0 Å². The lowest BCUT2D eigenvalue weighted by molar-refractivity contribution is 0.0899. The van der Waals surface area contributed by atoms with Gasteiger partial charge in [-0.15, -0.1) is 0 Å². The maximum absolute atomic E-state index is 11.7.